The highest BCUT2D eigenvalue weighted by Crippen LogP contribution is 2.39. The summed E-state index contributed by atoms with van der Waals surface area (Å²) in [5.41, 5.74) is 5.75. The minimum absolute atomic E-state index is 0. The number of phenols is 3. The quantitative estimate of drug-likeness (QED) is 0.602. The largest absolute Gasteiger partial charge is 0.504 e. The number of alkyl halides is 1. The van der Waals surface area contributed by atoms with Gasteiger partial charge in [0.05, 0.1) is 6.67 Å². The summed E-state index contributed by atoms with van der Waals surface area (Å²) in [5.74, 6) is -1.55. The molecule has 0 radical (unpaired) electrons. The Morgan fingerprint density at radius 3 is 2.33 bits per heavy atom. The Kier molecular flexibility index (Phi) is 5.18. The van der Waals surface area contributed by atoms with Crippen LogP contribution in [0.3, 0.4) is 0 Å². The molecule has 6 heteroatoms. The lowest BCUT2D eigenvalue weighted by Gasteiger charge is -2.13. The van der Waals surface area contributed by atoms with Crippen molar-refractivity contribution in [1.29, 1.82) is 0 Å². The van der Waals surface area contributed by atoms with Crippen LogP contribution in [0.4, 0.5) is 4.39 Å². The van der Waals surface area contributed by atoms with Gasteiger partial charge in [-0.2, -0.15) is 0 Å². The van der Waals surface area contributed by atoms with Gasteiger partial charge in [-0.15, -0.1) is 12.4 Å². The molecule has 0 saturated heterocycles. The number of aromatic hydroxyl groups is 3. The van der Waals surface area contributed by atoms with Gasteiger partial charge in [-0.1, -0.05) is 0 Å². The normalized spacial score (nSPS) is 11.9. The van der Waals surface area contributed by atoms with E-state index in [9.17, 15) is 9.50 Å². The van der Waals surface area contributed by atoms with Crippen molar-refractivity contribution < 1.29 is 19.7 Å². The van der Waals surface area contributed by atoms with Crippen molar-refractivity contribution in [3.8, 4) is 17.2 Å². The summed E-state index contributed by atoms with van der Waals surface area (Å²) in [7, 11) is 0. The van der Waals surface area contributed by atoms with Crippen LogP contribution in [0.25, 0.3) is 0 Å². The van der Waals surface area contributed by atoms with Gasteiger partial charge >= 0.3 is 0 Å². The molecule has 0 aliphatic rings. The molecular formula is C9H13ClFNO3. The van der Waals surface area contributed by atoms with Crippen molar-refractivity contribution in [1.82, 2.24) is 0 Å². The van der Waals surface area contributed by atoms with E-state index in [2.05, 4.69) is 0 Å². The fourth-order valence-electron chi connectivity index (χ4n) is 1.16. The van der Waals surface area contributed by atoms with Gasteiger partial charge in [-0.3, -0.25) is 4.39 Å². The maximum absolute atomic E-state index is 12.0. The molecule has 1 rings (SSSR count). The van der Waals surface area contributed by atoms with Crippen molar-refractivity contribution in [2.75, 3.05) is 6.67 Å². The van der Waals surface area contributed by atoms with Gasteiger partial charge in [0.2, 0.25) is 5.75 Å². The van der Waals surface area contributed by atoms with Crippen molar-refractivity contribution in [3.63, 3.8) is 0 Å². The Hall–Kier alpha value is -1.20. The van der Waals surface area contributed by atoms with Crippen LogP contribution < -0.4 is 5.73 Å². The molecule has 0 aromatic heterocycles. The fraction of sp³-hybridized carbons (Fsp3) is 0.333. The zero-order valence-electron chi connectivity index (χ0n) is 7.85. The number of rotatable bonds is 3. The van der Waals surface area contributed by atoms with Gasteiger partial charge in [0.25, 0.3) is 0 Å². The molecule has 1 aromatic carbocycles. The molecule has 1 aromatic rings. The second-order valence-corrected chi connectivity index (χ2v) is 2.96. The van der Waals surface area contributed by atoms with Crippen molar-refractivity contribution >= 4 is 12.4 Å². The summed E-state index contributed by atoms with van der Waals surface area (Å²) in [5, 5.41) is 27.5. The van der Waals surface area contributed by atoms with Crippen molar-refractivity contribution in [2.24, 2.45) is 5.73 Å². The minimum atomic E-state index is -0.688. The standard InChI is InChI=1S/C9H12FNO3.ClH/c10-4-3-6(11)5-1-2-7(12)9(14)8(5)13;/h1-2,6,12-14H,3-4,11H2;1H/t6-;/m0./s1. The molecule has 0 saturated carbocycles. The second-order valence-electron chi connectivity index (χ2n) is 2.96. The van der Waals surface area contributed by atoms with Crippen LogP contribution in [0.2, 0.25) is 0 Å². The lowest BCUT2D eigenvalue weighted by Crippen LogP contribution is -2.11. The monoisotopic (exact) mass is 237 g/mol. The molecule has 0 heterocycles. The van der Waals surface area contributed by atoms with Gasteiger partial charge < -0.3 is 21.1 Å². The first-order valence-corrected chi connectivity index (χ1v) is 4.13. The van der Waals surface area contributed by atoms with E-state index in [1.54, 1.807) is 0 Å². The first-order valence-electron chi connectivity index (χ1n) is 4.13. The van der Waals surface area contributed by atoms with E-state index in [0.29, 0.717) is 0 Å². The van der Waals surface area contributed by atoms with Crippen molar-refractivity contribution in [3.05, 3.63) is 17.7 Å². The highest BCUT2D eigenvalue weighted by molar-refractivity contribution is 5.85. The Bertz CT molecular complexity index is 335. The average molecular weight is 238 g/mol. The predicted molar refractivity (Wildman–Crippen MR) is 56.2 cm³/mol. The molecule has 0 amide bonds. The lowest BCUT2D eigenvalue weighted by atomic mass is 10.0. The van der Waals surface area contributed by atoms with Crippen LogP contribution >= 0.6 is 12.4 Å². The van der Waals surface area contributed by atoms with E-state index in [-0.39, 0.29) is 24.4 Å². The summed E-state index contributed by atoms with van der Waals surface area (Å²) in [4.78, 5) is 0. The second kappa shape index (κ2) is 5.63. The maximum Gasteiger partial charge on any atom is 0.200 e. The first kappa shape index (κ1) is 13.8. The fourth-order valence-corrected chi connectivity index (χ4v) is 1.16. The molecule has 0 bridgehead atoms. The van der Waals surface area contributed by atoms with Gasteiger partial charge in [-0.05, 0) is 18.6 Å². The van der Waals surface area contributed by atoms with Crippen LogP contribution in [0, 0.1) is 0 Å². The molecule has 0 spiro atoms. The highest BCUT2D eigenvalue weighted by atomic mass is 35.5. The zero-order valence-corrected chi connectivity index (χ0v) is 8.67. The van der Waals surface area contributed by atoms with Gasteiger partial charge in [0.1, 0.15) is 0 Å². The van der Waals surface area contributed by atoms with Crippen LogP contribution in [0.1, 0.15) is 18.0 Å². The zero-order chi connectivity index (χ0) is 10.7. The first-order chi connectivity index (χ1) is 6.57. The molecule has 86 valence electrons. The van der Waals surface area contributed by atoms with Gasteiger partial charge in [-0.25, -0.2) is 0 Å². The Labute approximate surface area is 92.6 Å². The summed E-state index contributed by atoms with van der Waals surface area (Å²) in [6.45, 7) is -0.609. The van der Waals surface area contributed by atoms with Crippen molar-refractivity contribution in [2.45, 2.75) is 12.5 Å². The summed E-state index contributed by atoms with van der Waals surface area (Å²) in [6, 6.07) is 1.86. The number of nitrogens with two attached hydrogens (primary N) is 1. The summed E-state index contributed by atoms with van der Waals surface area (Å²) < 4.78 is 12.0. The van der Waals surface area contributed by atoms with Gasteiger partial charge in [0, 0.05) is 11.6 Å². The number of hydrogen-bond acceptors (Lipinski definition) is 4. The van der Waals surface area contributed by atoms with E-state index < -0.39 is 30.0 Å². The molecule has 4 nitrogen and oxygen atoms in total. The Morgan fingerprint density at radius 1 is 1.20 bits per heavy atom. The van der Waals surface area contributed by atoms with E-state index >= 15 is 0 Å². The third kappa shape index (κ3) is 2.87. The minimum Gasteiger partial charge on any atom is -0.504 e. The SMILES string of the molecule is Cl.N[C@@H](CCF)c1ccc(O)c(O)c1O. The number of hydrogen-bond donors (Lipinski definition) is 4. The number of phenolic OH excluding ortho intramolecular Hbond substituents is 3. The molecule has 1 atom stereocenters. The molecule has 0 unspecified atom stereocenters. The van der Waals surface area contributed by atoms with Crippen LogP contribution in [-0.4, -0.2) is 22.0 Å². The summed E-state index contributed by atoms with van der Waals surface area (Å²) in [6.07, 6.45) is 0.0533. The van der Waals surface area contributed by atoms with E-state index in [4.69, 9.17) is 15.9 Å². The lowest BCUT2D eigenvalue weighted by molar-refractivity contribution is 0.360. The number of benzene rings is 1. The smallest absolute Gasteiger partial charge is 0.200 e. The summed E-state index contributed by atoms with van der Waals surface area (Å²) >= 11 is 0. The van der Waals surface area contributed by atoms with E-state index in [1.807, 2.05) is 0 Å². The van der Waals surface area contributed by atoms with E-state index in [0.717, 1.165) is 0 Å². The Morgan fingerprint density at radius 2 is 1.80 bits per heavy atom. The third-order valence-corrected chi connectivity index (χ3v) is 1.98. The topological polar surface area (TPSA) is 86.7 Å². The van der Waals surface area contributed by atoms with Crippen LogP contribution in [0.5, 0.6) is 17.2 Å². The molecule has 15 heavy (non-hydrogen) atoms. The molecular weight excluding hydrogens is 225 g/mol. The highest BCUT2D eigenvalue weighted by Gasteiger charge is 2.16. The Balaban J connectivity index is 0.00000196. The maximum atomic E-state index is 12.0. The third-order valence-electron chi connectivity index (χ3n) is 1.98. The molecule has 5 N–H and O–H groups in total. The molecule has 0 aliphatic carbocycles. The average Bonchev–Trinajstić information content (AvgIpc) is 2.15. The van der Waals surface area contributed by atoms with E-state index in [1.165, 1.54) is 12.1 Å². The molecule has 0 aliphatic heterocycles. The van der Waals surface area contributed by atoms with Crippen LogP contribution in [0.15, 0.2) is 12.1 Å². The molecule has 0 fully saturated rings. The number of halogens is 2. The van der Waals surface area contributed by atoms with Gasteiger partial charge in [0.15, 0.2) is 11.5 Å². The predicted octanol–water partition coefficient (Wildman–Crippen LogP) is 1.58. The van der Waals surface area contributed by atoms with Crippen LogP contribution in [-0.2, 0) is 0 Å².